The van der Waals surface area contributed by atoms with Gasteiger partial charge in [-0.1, -0.05) is 6.07 Å². The molecule has 82 valence electrons. The van der Waals surface area contributed by atoms with Gasteiger partial charge in [-0.3, -0.25) is 0 Å². The molecule has 0 unspecified atom stereocenters. The van der Waals surface area contributed by atoms with Crippen LogP contribution in [0.25, 0.3) is 0 Å². The molecule has 2 heteroatoms. The Morgan fingerprint density at radius 1 is 1.13 bits per heavy atom. The van der Waals surface area contributed by atoms with E-state index in [0.29, 0.717) is 13.0 Å². The molecule has 0 aromatic heterocycles. The van der Waals surface area contributed by atoms with Crippen molar-refractivity contribution in [3.05, 3.63) is 29.3 Å². The zero-order chi connectivity index (χ0) is 10.5. The fraction of sp³-hybridized carbons (Fsp3) is 0.538. The minimum atomic E-state index is 0.199. The van der Waals surface area contributed by atoms with Gasteiger partial charge >= 0.3 is 0 Å². The molecule has 0 spiro atoms. The second-order valence-electron chi connectivity index (χ2n) is 4.06. The van der Waals surface area contributed by atoms with Crippen molar-refractivity contribution in [2.45, 2.75) is 32.1 Å². The third-order valence-corrected chi connectivity index (χ3v) is 2.89. The Morgan fingerprint density at radius 2 is 1.93 bits per heavy atom. The van der Waals surface area contributed by atoms with E-state index >= 15 is 0 Å². The first-order valence-corrected chi connectivity index (χ1v) is 5.75. The summed E-state index contributed by atoms with van der Waals surface area (Å²) >= 11 is 0. The average Bonchev–Trinajstić information content (AvgIpc) is 2.29. The van der Waals surface area contributed by atoms with Crippen LogP contribution in [-0.4, -0.2) is 18.3 Å². The van der Waals surface area contributed by atoms with E-state index in [1.165, 1.54) is 36.8 Å². The van der Waals surface area contributed by atoms with Gasteiger partial charge in [0.05, 0.1) is 6.61 Å². The summed E-state index contributed by atoms with van der Waals surface area (Å²) in [6, 6.07) is 6.39. The van der Waals surface area contributed by atoms with Gasteiger partial charge in [-0.15, -0.1) is 0 Å². The first kappa shape index (κ1) is 10.5. The number of aryl methyl sites for hydroxylation is 2. The first-order valence-electron chi connectivity index (χ1n) is 5.75. The Kier molecular flexibility index (Phi) is 3.62. The van der Waals surface area contributed by atoms with Crippen LogP contribution >= 0.6 is 0 Å². The number of fused-ring (bicyclic) bond motifs is 1. The van der Waals surface area contributed by atoms with Crippen molar-refractivity contribution in [3.63, 3.8) is 0 Å². The van der Waals surface area contributed by atoms with E-state index in [2.05, 4.69) is 12.1 Å². The zero-order valence-corrected chi connectivity index (χ0v) is 9.04. The van der Waals surface area contributed by atoms with Gasteiger partial charge in [0.15, 0.2) is 0 Å². The highest BCUT2D eigenvalue weighted by Gasteiger charge is 2.09. The molecule has 0 amide bonds. The maximum absolute atomic E-state index is 8.66. The third-order valence-electron chi connectivity index (χ3n) is 2.89. The summed E-state index contributed by atoms with van der Waals surface area (Å²) in [5, 5.41) is 8.66. The Balaban J connectivity index is 2.00. The lowest BCUT2D eigenvalue weighted by atomic mass is 9.92. The maximum atomic E-state index is 8.66. The molecule has 0 bridgehead atoms. The SMILES string of the molecule is OCCCOc1ccc2c(c1)CCCC2. The number of rotatable bonds is 4. The average molecular weight is 206 g/mol. The van der Waals surface area contributed by atoms with E-state index in [1.807, 2.05) is 6.07 Å². The van der Waals surface area contributed by atoms with Crippen LogP contribution in [0.4, 0.5) is 0 Å². The van der Waals surface area contributed by atoms with Gasteiger partial charge in [0.25, 0.3) is 0 Å². The van der Waals surface area contributed by atoms with Crippen molar-refractivity contribution in [1.82, 2.24) is 0 Å². The molecular weight excluding hydrogens is 188 g/mol. The number of ether oxygens (including phenoxy) is 1. The molecule has 1 aromatic carbocycles. The summed E-state index contributed by atoms with van der Waals surface area (Å²) in [7, 11) is 0. The molecule has 0 fully saturated rings. The topological polar surface area (TPSA) is 29.5 Å². The minimum absolute atomic E-state index is 0.199. The lowest BCUT2D eigenvalue weighted by Crippen LogP contribution is -2.04. The molecule has 2 rings (SSSR count). The van der Waals surface area contributed by atoms with Crippen LogP contribution in [0.2, 0.25) is 0 Å². The number of benzene rings is 1. The lowest BCUT2D eigenvalue weighted by molar-refractivity contribution is 0.233. The summed E-state index contributed by atoms with van der Waals surface area (Å²) in [6.07, 6.45) is 5.72. The molecule has 0 saturated heterocycles. The summed E-state index contributed by atoms with van der Waals surface area (Å²) in [5.74, 6) is 0.948. The van der Waals surface area contributed by atoms with Crippen LogP contribution in [0.15, 0.2) is 18.2 Å². The lowest BCUT2D eigenvalue weighted by Gasteiger charge is -2.16. The van der Waals surface area contributed by atoms with Crippen LogP contribution in [0.3, 0.4) is 0 Å². The third kappa shape index (κ3) is 2.72. The zero-order valence-electron chi connectivity index (χ0n) is 9.04. The van der Waals surface area contributed by atoms with Crippen LogP contribution in [0, 0.1) is 0 Å². The first-order chi connectivity index (χ1) is 7.40. The molecule has 0 aliphatic heterocycles. The Hall–Kier alpha value is -1.02. The highest BCUT2D eigenvalue weighted by molar-refractivity contribution is 5.37. The van der Waals surface area contributed by atoms with Crippen molar-refractivity contribution < 1.29 is 9.84 Å². The van der Waals surface area contributed by atoms with E-state index in [-0.39, 0.29) is 6.61 Å². The van der Waals surface area contributed by atoms with Crippen molar-refractivity contribution >= 4 is 0 Å². The van der Waals surface area contributed by atoms with Crippen molar-refractivity contribution in [2.75, 3.05) is 13.2 Å². The summed E-state index contributed by atoms with van der Waals surface area (Å²) in [6.45, 7) is 0.806. The van der Waals surface area contributed by atoms with Crippen molar-refractivity contribution in [3.8, 4) is 5.75 Å². The van der Waals surface area contributed by atoms with Gasteiger partial charge in [0.1, 0.15) is 5.75 Å². The fourth-order valence-corrected chi connectivity index (χ4v) is 2.05. The Bertz CT molecular complexity index is 320. The largest absolute Gasteiger partial charge is 0.493 e. The van der Waals surface area contributed by atoms with Crippen LogP contribution in [0.5, 0.6) is 5.75 Å². The van der Waals surface area contributed by atoms with Gasteiger partial charge in [-0.2, -0.15) is 0 Å². The van der Waals surface area contributed by atoms with E-state index in [0.717, 1.165) is 5.75 Å². The van der Waals surface area contributed by atoms with Crippen LogP contribution < -0.4 is 4.74 Å². The van der Waals surface area contributed by atoms with E-state index < -0.39 is 0 Å². The second-order valence-corrected chi connectivity index (χ2v) is 4.06. The molecule has 0 radical (unpaired) electrons. The Labute approximate surface area is 90.9 Å². The van der Waals surface area contributed by atoms with E-state index in [9.17, 15) is 0 Å². The van der Waals surface area contributed by atoms with Crippen molar-refractivity contribution in [1.29, 1.82) is 0 Å². The highest BCUT2D eigenvalue weighted by atomic mass is 16.5. The van der Waals surface area contributed by atoms with Gasteiger partial charge < -0.3 is 9.84 Å². The van der Waals surface area contributed by atoms with Gasteiger partial charge in [0, 0.05) is 13.0 Å². The van der Waals surface area contributed by atoms with Crippen LogP contribution in [-0.2, 0) is 12.8 Å². The normalized spacial score (nSPS) is 14.7. The number of aliphatic hydroxyl groups is 1. The molecule has 1 aromatic rings. The molecule has 15 heavy (non-hydrogen) atoms. The van der Waals surface area contributed by atoms with Crippen LogP contribution in [0.1, 0.15) is 30.4 Å². The molecule has 0 heterocycles. The maximum Gasteiger partial charge on any atom is 0.119 e. The van der Waals surface area contributed by atoms with E-state index in [1.54, 1.807) is 0 Å². The van der Waals surface area contributed by atoms with Crippen molar-refractivity contribution in [2.24, 2.45) is 0 Å². The standard InChI is InChI=1S/C13H18O2/c14-8-3-9-15-13-7-6-11-4-1-2-5-12(11)10-13/h6-7,10,14H,1-5,8-9H2. The molecule has 1 aliphatic rings. The van der Waals surface area contributed by atoms with E-state index in [4.69, 9.17) is 9.84 Å². The molecule has 1 N–H and O–H groups in total. The molecular formula is C13H18O2. The molecule has 2 nitrogen and oxygen atoms in total. The highest BCUT2D eigenvalue weighted by Crippen LogP contribution is 2.25. The molecule has 0 atom stereocenters. The van der Waals surface area contributed by atoms with Gasteiger partial charge in [-0.25, -0.2) is 0 Å². The summed E-state index contributed by atoms with van der Waals surface area (Å²) in [4.78, 5) is 0. The molecule has 0 saturated carbocycles. The van der Waals surface area contributed by atoms with Gasteiger partial charge in [0.2, 0.25) is 0 Å². The van der Waals surface area contributed by atoms with Gasteiger partial charge in [-0.05, 0) is 48.9 Å². The summed E-state index contributed by atoms with van der Waals surface area (Å²) < 4.78 is 5.55. The predicted molar refractivity (Wildman–Crippen MR) is 60.3 cm³/mol. The number of hydrogen-bond donors (Lipinski definition) is 1. The minimum Gasteiger partial charge on any atom is -0.493 e. The predicted octanol–water partition coefficient (Wildman–Crippen LogP) is 2.33. The number of aliphatic hydroxyl groups excluding tert-OH is 1. The molecule has 1 aliphatic carbocycles. The summed E-state index contributed by atoms with van der Waals surface area (Å²) in [5.41, 5.74) is 2.93. The monoisotopic (exact) mass is 206 g/mol. The fourth-order valence-electron chi connectivity index (χ4n) is 2.05. The second kappa shape index (κ2) is 5.17. The smallest absolute Gasteiger partial charge is 0.119 e. The number of hydrogen-bond acceptors (Lipinski definition) is 2. The quantitative estimate of drug-likeness (QED) is 0.766. The Morgan fingerprint density at radius 3 is 2.73 bits per heavy atom.